The van der Waals surface area contributed by atoms with Crippen LogP contribution in [0.25, 0.3) is 0 Å². The van der Waals surface area contributed by atoms with Crippen LogP contribution in [0.2, 0.25) is 0 Å². The molecule has 142 valence electrons. The van der Waals surface area contributed by atoms with E-state index < -0.39 is 29.0 Å². The van der Waals surface area contributed by atoms with E-state index in [1.807, 2.05) is 0 Å². The normalized spacial score (nSPS) is 18.9. The van der Waals surface area contributed by atoms with Gasteiger partial charge in [0.15, 0.2) is 11.6 Å². The lowest BCUT2D eigenvalue weighted by Crippen LogP contribution is -2.50. The number of nitrogens with one attached hydrogen (secondary N) is 1. The third kappa shape index (κ3) is 4.59. The highest BCUT2D eigenvalue weighted by molar-refractivity contribution is 5.95. The molecule has 0 aromatic heterocycles. The molecule has 2 aromatic carbocycles. The van der Waals surface area contributed by atoms with Gasteiger partial charge in [0.2, 0.25) is 0 Å². The average Bonchev–Trinajstić information content (AvgIpc) is 3.06. The average molecular weight is 377 g/mol. The molecule has 1 saturated heterocycles. The van der Waals surface area contributed by atoms with Gasteiger partial charge in [-0.15, -0.1) is 0 Å². The van der Waals surface area contributed by atoms with Gasteiger partial charge < -0.3 is 19.9 Å². The maximum Gasteiger partial charge on any atom is 0.305 e. The number of carbonyl (C=O) groups excluding carboxylic acids is 1. The maximum atomic E-state index is 13.2. The number of benzene rings is 2. The highest BCUT2D eigenvalue weighted by Gasteiger charge is 2.38. The summed E-state index contributed by atoms with van der Waals surface area (Å²) < 4.78 is 36.8. The number of hydrogen-bond donors (Lipinski definition) is 2. The van der Waals surface area contributed by atoms with Crippen molar-refractivity contribution in [2.45, 2.75) is 18.4 Å². The second-order valence-electron chi connectivity index (χ2n) is 6.31. The Labute approximate surface area is 153 Å². The molecular formula is C19H17F2NO5. The Morgan fingerprint density at radius 2 is 1.81 bits per heavy atom. The topological polar surface area (TPSA) is 84.9 Å². The van der Waals surface area contributed by atoms with Crippen LogP contribution in [-0.4, -0.2) is 35.7 Å². The van der Waals surface area contributed by atoms with Crippen LogP contribution in [0.5, 0.6) is 11.5 Å². The van der Waals surface area contributed by atoms with E-state index in [1.54, 1.807) is 0 Å². The van der Waals surface area contributed by atoms with Gasteiger partial charge in [0, 0.05) is 18.2 Å². The van der Waals surface area contributed by atoms with Gasteiger partial charge in [-0.2, -0.15) is 0 Å². The fourth-order valence-electron chi connectivity index (χ4n) is 2.84. The molecule has 2 N–H and O–H groups in total. The highest BCUT2D eigenvalue weighted by Crippen LogP contribution is 2.25. The molecule has 1 fully saturated rings. The van der Waals surface area contributed by atoms with Crippen molar-refractivity contribution in [3.05, 3.63) is 59.7 Å². The number of carbonyl (C=O) groups is 2. The van der Waals surface area contributed by atoms with Crippen LogP contribution in [0.1, 0.15) is 23.2 Å². The summed E-state index contributed by atoms with van der Waals surface area (Å²) in [5.74, 6) is -2.99. The largest absolute Gasteiger partial charge is 0.481 e. The van der Waals surface area contributed by atoms with Crippen LogP contribution in [0.3, 0.4) is 0 Å². The highest BCUT2D eigenvalue weighted by atomic mass is 19.2. The number of carboxylic acid groups (broad SMARTS) is 1. The smallest absolute Gasteiger partial charge is 0.305 e. The van der Waals surface area contributed by atoms with Crippen LogP contribution in [0.4, 0.5) is 8.78 Å². The Morgan fingerprint density at radius 1 is 1.11 bits per heavy atom. The lowest BCUT2D eigenvalue weighted by Gasteiger charge is -2.27. The molecule has 0 saturated carbocycles. The quantitative estimate of drug-likeness (QED) is 0.808. The molecule has 0 radical (unpaired) electrons. The first kappa shape index (κ1) is 18.8. The van der Waals surface area contributed by atoms with Gasteiger partial charge >= 0.3 is 5.97 Å². The second-order valence-corrected chi connectivity index (χ2v) is 6.31. The van der Waals surface area contributed by atoms with Crippen molar-refractivity contribution in [1.82, 2.24) is 5.32 Å². The van der Waals surface area contributed by atoms with Gasteiger partial charge in [-0.05, 0) is 42.8 Å². The Kier molecular flexibility index (Phi) is 5.36. The molecule has 2 aromatic rings. The van der Waals surface area contributed by atoms with Gasteiger partial charge in [0.05, 0.1) is 18.6 Å². The zero-order chi connectivity index (χ0) is 19.4. The first-order chi connectivity index (χ1) is 12.9. The van der Waals surface area contributed by atoms with Crippen molar-refractivity contribution in [3.63, 3.8) is 0 Å². The molecule has 6 nitrogen and oxygen atoms in total. The summed E-state index contributed by atoms with van der Waals surface area (Å²) >= 11 is 0. The van der Waals surface area contributed by atoms with Gasteiger partial charge in [0.25, 0.3) is 5.91 Å². The molecule has 1 aliphatic rings. The summed E-state index contributed by atoms with van der Waals surface area (Å²) in [6.45, 7) is 0.525. The van der Waals surface area contributed by atoms with Crippen LogP contribution >= 0.6 is 0 Å². The Hall–Kier alpha value is -3.00. The SMILES string of the molecule is O=C(O)CC1(NC(=O)c2ccc(Oc3ccc(F)c(F)c3)cc2)CCOC1. The molecule has 3 rings (SSSR count). The van der Waals surface area contributed by atoms with Crippen LogP contribution in [0.15, 0.2) is 42.5 Å². The van der Waals surface area contributed by atoms with Crippen molar-refractivity contribution in [1.29, 1.82) is 0 Å². The van der Waals surface area contributed by atoms with E-state index in [4.69, 9.17) is 14.6 Å². The summed E-state index contributed by atoms with van der Waals surface area (Å²) in [6.07, 6.45) is 0.193. The molecule has 1 atom stereocenters. The van der Waals surface area contributed by atoms with Crippen LogP contribution in [0, 0.1) is 11.6 Å². The van der Waals surface area contributed by atoms with E-state index in [0.29, 0.717) is 24.3 Å². The Balaban J connectivity index is 1.68. The third-order valence-electron chi connectivity index (χ3n) is 4.21. The fourth-order valence-corrected chi connectivity index (χ4v) is 2.84. The number of halogens is 2. The molecule has 1 unspecified atom stereocenters. The van der Waals surface area contributed by atoms with Crippen LogP contribution in [-0.2, 0) is 9.53 Å². The molecule has 1 heterocycles. The van der Waals surface area contributed by atoms with Gasteiger partial charge in [-0.3, -0.25) is 9.59 Å². The molecule has 1 aliphatic heterocycles. The van der Waals surface area contributed by atoms with E-state index in [1.165, 1.54) is 30.3 Å². The van der Waals surface area contributed by atoms with E-state index in [0.717, 1.165) is 12.1 Å². The van der Waals surface area contributed by atoms with Gasteiger partial charge in [-0.1, -0.05) is 0 Å². The summed E-state index contributed by atoms with van der Waals surface area (Å²) in [7, 11) is 0. The molecule has 8 heteroatoms. The van der Waals surface area contributed by atoms with E-state index in [9.17, 15) is 18.4 Å². The van der Waals surface area contributed by atoms with Gasteiger partial charge in [-0.25, -0.2) is 8.78 Å². The molecule has 27 heavy (non-hydrogen) atoms. The van der Waals surface area contributed by atoms with Gasteiger partial charge in [0.1, 0.15) is 11.5 Å². The monoisotopic (exact) mass is 377 g/mol. The summed E-state index contributed by atoms with van der Waals surface area (Å²) in [6, 6.07) is 9.17. The molecule has 1 amide bonds. The number of carboxylic acids is 1. The molecular weight excluding hydrogens is 360 g/mol. The number of ether oxygens (including phenoxy) is 2. The molecule has 0 bridgehead atoms. The Morgan fingerprint density at radius 3 is 2.41 bits per heavy atom. The second kappa shape index (κ2) is 7.71. The summed E-state index contributed by atoms with van der Waals surface area (Å²) in [5.41, 5.74) is -0.617. The first-order valence-electron chi connectivity index (χ1n) is 8.22. The lowest BCUT2D eigenvalue weighted by molar-refractivity contribution is -0.138. The zero-order valence-corrected chi connectivity index (χ0v) is 14.2. The van der Waals surface area contributed by atoms with Crippen molar-refractivity contribution in [2.24, 2.45) is 0 Å². The molecule has 0 spiro atoms. The number of rotatable bonds is 6. The fraction of sp³-hybridized carbons (Fsp3) is 0.263. The minimum absolute atomic E-state index is 0.120. The predicted molar refractivity (Wildman–Crippen MR) is 90.8 cm³/mol. The summed E-state index contributed by atoms with van der Waals surface area (Å²) in [5, 5.41) is 11.8. The van der Waals surface area contributed by atoms with Crippen molar-refractivity contribution in [3.8, 4) is 11.5 Å². The number of aliphatic carboxylic acids is 1. The maximum absolute atomic E-state index is 13.2. The standard InChI is InChI=1S/C19H17F2NO5/c20-15-6-5-14(9-16(15)21)27-13-3-1-12(2-4-13)18(25)22-19(10-17(23)24)7-8-26-11-19/h1-6,9H,7-8,10-11H2,(H,22,25)(H,23,24). The van der Waals surface area contributed by atoms with Crippen LogP contribution < -0.4 is 10.1 Å². The van der Waals surface area contributed by atoms with E-state index in [2.05, 4.69) is 5.32 Å². The van der Waals surface area contributed by atoms with E-state index >= 15 is 0 Å². The number of amides is 1. The van der Waals surface area contributed by atoms with Crippen molar-refractivity contribution < 1.29 is 33.0 Å². The Bertz CT molecular complexity index is 848. The lowest BCUT2D eigenvalue weighted by atomic mass is 9.93. The third-order valence-corrected chi connectivity index (χ3v) is 4.21. The zero-order valence-electron chi connectivity index (χ0n) is 14.2. The number of hydrogen-bond acceptors (Lipinski definition) is 4. The first-order valence-corrected chi connectivity index (χ1v) is 8.22. The minimum Gasteiger partial charge on any atom is -0.481 e. The molecule has 0 aliphatic carbocycles. The minimum atomic E-state index is -1.02. The van der Waals surface area contributed by atoms with Crippen molar-refractivity contribution in [2.75, 3.05) is 13.2 Å². The van der Waals surface area contributed by atoms with Crippen molar-refractivity contribution >= 4 is 11.9 Å². The summed E-state index contributed by atoms with van der Waals surface area (Å²) in [4.78, 5) is 23.5. The van der Waals surface area contributed by atoms with E-state index in [-0.39, 0.29) is 18.8 Å². The predicted octanol–water partition coefficient (Wildman–Crippen LogP) is 3.12.